The lowest BCUT2D eigenvalue weighted by Gasteiger charge is -2.22. The molecule has 0 bridgehead atoms. The molecule has 5 nitrogen and oxygen atoms in total. The summed E-state index contributed by atoms with van der Waals surface area (Å²) in [6.45, 7) is 0. The van der Waals surface area contributed by atoms with Crippen LogP contribution in [0.3, 0.4) is 0 Å². The van der Waals surface area contributed by atoms with Crippen molar-refractivity contribution in [1.82, 2.24) is 5.32 Å². The minimum Gasteiger partial charge on any atom is -0.349 e. The fourth-order valence-corrected chi connectivity index (χ4v) is 3.70. The van der Waals surface area contributed by atoms with Gasteiger partial charge >= 0.3 is 0 Å². The van der Waals surface area contributed by atoms with Crippen molar-refractivity contribution in [2.45, 2.75) is 51.0 Å². The van der Waals surface area contributed by atoms with Crippen molar-refractivity contribution in [1.29, 1.82) is 0 Å². The minimum absolute atomic E-state index is 0.187. The van der Waals surface area contributed by atoms with Crippen molar-refractivity contribution in [3.05, 3.63) is 28.8 Å². The Balaban J connectivity index is 2.09. The molecule has 1 N–H and O–H groups in total. The van der Waals surface area contributed by atoms with Gasteiger partial charge in [0.05, 0.1) is 22.5 Å². The average Bonchev–Trinajstić information content (AvgIpc) is 2.47. The van der Waals surface area contributed by atoms with Crippen LogP contribution in [0.15, 0.2) is 18.2 Å². The van der Waals surface area contributed by atoms with Crippen molar-refractivity contribution in [2.24, 2.45) is 0 Å². The number of rotatable bonds is 4. The molecule has 1 saturated carbocycles. The lowest BCUT2D eigenvalue weighted by atomic mass is 9.96. The standard InChI is InChI=1S/C17H25ClN2O3S/c1-20(24(2,22)23)14-10-11-15(16(18)12-14)17(21)19-13-8-6-4-3-5-7-9-13/h10-13H,3-9H2,1-2H3,(H,19,21). The smallest absolute Gasteiger partial charge is 0.253 e. The summed E-state index contributed by atoms with van der Waals surface area (Å²) < 4.78 is 24.3. The summed E-state index contributed by atoms with van der Waals surface area (Å²) in [5.41, 5.74) is 0.814. The fourth-order valence-electron chi connectivity index (χ4n) is 2.94. The van der Waals surface area contributed by atoms with E-state index in [4.69, 9.17) is 11.6 Å². The number of carbonyl (C=O) groups excluding carboxylic acids is 1. The predicted octanol–water partition coefficient (Wildman–Crippen LogP) is 3.58. The van der Waals surface area contributed by atoms with Crippen molar-refractivity contribution in [3.8, 4) is 0 Å². The number of nitrogens with zero attached hydrogens (tertiary/aromatic N) is 1. The molecule has 1 fully saturated rings. The Morgan fingerprint density at radius 3 is 2.29 bits per heavy atom. The third-order valence-electron chi connectivity index (χ3n) is 4.50. The van der Waals surface area contributed by atoms with Crippen LogP contribution in [0.1, 0.15) is 55.3 Å². The number of hydrogen-bond acceptors (Lipinski definition) is 3. The van der Waals surface area contributed by atoms with Gasteiger partial charge in [0.25, 0.3) is 5.91 Å². The topological polar surface area (TPSA) is 66.5 Å². The molecule has 7 heteroatoms. The van der Waals surface area contributed by atoms with Gasteiger partial charge < -0.3 is 5.32 Å². The van der Waals surface area contributed by atoms with Crippen molar-refractivity contribution in [2.75, 3.05) is 17.6 Å². The normalized spacial score (nSPS) is 17.0. The molecule has 2 rings (SSSR count). The molecule has 0 radical (unpaired) electrons. The third-order valence-corrected chi connectivity index (χ3v) is 6.02. The van der Waals surface area contributed by atoms with Gasteiger partial charge in [-0.3, -0.25) is 9.10 Å². The largest absolute Gasteiger partial charge is 0.349 e. The highest BCUT2D eigenvalue weighted by atomic mass is 35.5. The summed E-state index contributed by atoms with van der Waals surface area (Å²) in [6.07, 6.45) is 9.11. The minimum atomic E-state index is -3.36. The molecule has 0 saturated heterocycles. The quantitative estimate of drug-likeness (QED) is 0.878. The van der Waals surface area contributed by atoms with Gasteiger partial charge in [0.2, 0.25) is 10.0 Å². The maximum Gasteiger partial charge on any atom is 0.253 e. The fraction of sp³-hybridized carbons (Fsp3) is 0.588. The second-order valence-electron chi connectivity index (χ2n) is 6.41. The molecule has 0 unspecified atom stereocenters. The highest BCUT2D eigenvalue weighted by Crippen LogP contribution is 2.25. The SMILES string of the molecule is CN(c1ccc(C(=O)NC2CCCCCCC2)c(Cl)c1)S(C)(=O)=O. The number of nitrogens with one attached hydrogen (secondary N) is 1. The molecule has 0 aromatic heterocycles. The van der Waals surface area contributed by atoms with Gasteiger partial charge in [0.1, 0.15) is 0 Å². The molecule has 1 aliphatic rings. The molecular formula is C17H25ClN2O3S. The zero-order valence-corrected chi connectivity index (χ0v) is 15.8. The molecule has 1 amide bonds. The molecule has 0 spiro atoms. The summed E-state index contributed by atoms with van der Waals surface area (Å²) >= 11 is 6.21. The highest BCUT2D eigenvalue weighted by molar-refractivity contribution is 7.92. The number of anilines is 1. The monoisotopic (exact) mass is 372 g/mol. The van der Waals surface area contributed by atoms with Crippen molar-refractivity contribution in [3.63, 3.8) is 0 Å². The second kappa shape index (κ2) is 8.21. The van der Waals surface area contributed by atoms with Gasteiger partial charge in [-0.2, -0.15) is 0 Å². The first kappa shape index (κ1) is 19.1. The molecule has 1 aromatic carbocycles. The summed E-state index contributed by atoms with van der Waals surface area (Å²) in [4.78, 5) is 12.5. The second-order valence-corrected chi connectivity index (χ2v) is 8.83. The van der Waals surface area contributed by atoms with E-state index in [1.54, 1.807) is 12.1 Å². The first-order valence-corrected chi connectivity index (χ1v) is 10.6. The van der Waals surface area contributed by atoms with Crippen LogP contribution < -0.4 is 9.62 Å². The number of carbonyl (C=O) groups is 1. The van der Waals surface area contributed by atoms with Crippen LogP contribution in [0.5, 0.6) is 0 Å². The molecule has 1 aromatic rings. The molecule has 24 heavy (non-hydrogen) atoms. The predicted molar refractivity (Wildman–Crippen MR) is 98.3 cm³/mol. The van der Waals surface area contributed by atoms with E-state index in [0.717, 1.165) is 36.2 Å². The van der Waals surface area contributed by atoms with E-state index in [2.05, 4.69) is 5.32 Å². The van der Waals surface area contributed by atoms with Gasteiger partial charge in [-0.05, 0) is 31.0 Å². The lowest BCUT2D eigenvalue weighted by Crippen LogP contribution is -2.35. The van der Waals surface area contributed by atoms with Crippen LogP contribution in [-0.4, -0.2) is 33.7 Å². The van der Waals surface area contributed by atoms with E-state index in [9.17, 15) is 13.2 Å². The van der Waals surface area contributed by atoms with Gasteiger partial charge in [-0.25, -0.2) is 8.42 Å². The van der Waals surface area contributed by atoms with Gasteiger partial charge in [0.15, 0.2) is 0 Å². The molecule has 0 atom stereocenters. The maximum absolute atomic E-state index is 12.5. The lowest BCUT2D eigenvalue weighted by molar-refractivity contribution is 0.0930. The van der Waals surface area contributed by atoms with Crippen LogP contribution in [-0.2, 0) is 10.0 Å². The van der Waals surface area contributed by atoms with E-state index in [0.29, 0.717) is 11.3 Å². The summed E-state index contributed by atoms with van der Waals surface area (Å²) in [7, 11) is -1.91. The Morgan fingerprint density at radius 2 is 1.75 bits per heavy atom. The van der Waals surface area contributed by atoms with Crippen molar-refractivity contribution < 1.29 is 13.2 Å². The van der Waals surface area contributed by atoms with Crippen molar-refractivity contribution >= 4 is 33.2 Å². The Bertz CT molecular complexity index is 683. The first-order valence-electron chi connectivity index (χ1n) is 8.33. The average molecular weight is 373 g/mol. The number of amides is 1. The molecule has 0 aliphatic heterocycles. The van der Waals surface area contributed by atoms with Crippen LogP contribution in [0.2, 0.25) is 5.02 Å². The Labute approximate surface area is 149 Å². The van der Waals surface area contributed by atoms with Crippen LogP contribution in [0.4, 0.5) is 5.69 Å². The molecule has 0 heterocycles. The van der Waals surface area contributed by atoms with E-state index >= 15 is 0 Å². The number of sulfonamides is 1. The summed E-state index contributed by atoms with van der Waals surface area (Å²) in [5.74, 6) is -0.195. The zero-order chi connectivity index (χ0) is 17.7. The van der Waals surface area contributed by atoms with Crippen LogP contribution in [0, 0.1) is 0 Å². The maximum atomic E-state index is 12.5. The van der Waals surface area contributed by atoms with E-state index < -0.39 is 10.0 Å². The molecule has 134 valence electrons. The number of benzene rings is 1. The van der Waals surface area contributed by atoms with Crippen LogP contribution in [0.25, 0.3) is 0 Å². The molecule has 1 aliphatic carbocycles. The number of hydrogen-bond donors (Lipinski definition) is 1. The highest BCUT2D eigenvalue weighted by Gasteiger charge is 2.19. The van der Waals surface area contributed by atoms with E-state index in [-0.39, 0.29) is 17.0 Å². The zero-order valence-electron chi connectivity index (χ0n) is 14.2. The van der Waals surface area contributed by atoms with E-state index in [1.165, 1.54) is 32.4 Å². The van der Waals surface area contributed by atoms with Crippen LogP contribution >= 0.6 is 11.6 Å². The summed E-state index contributed by atoms with van der Waals surface area (Å²) in [5, 5.41) is 3.32. The number of halogens is 1. The Kier molecular flexibility index (Phi) is 6.52. The Morgan fingerprint density at radius 1 is 1.17 bits per heavy atom. The van der Waals surface area contributed by atoms with E-state index in [1.807, 2.05) is 0 Å². The summed E-state index contributed by atoms with van der Waals surface area (Å²) in [6, 6.07) is 4.87. The van der Waals surface area contributed by atoms with Gasteiger partial charge in [-0.1, -0.05) is 43.7 Å². The Hall–Kier alpha value is -1.27. The van der Waals surface area contributed by atoms with Gasteiger partial charge in [-0.15, -0.1) is 0 Å². The molecular weight excluding hydrogens is 348 g/mol. The van der Waals surface area contributed by atoms with Gasteiger partial charge in [0, 0.05) is 13.1 Å². The third kappa shape index (κ3) is 5.11. The first-order chi connectivity index (χ1) is 11.3.